The molecular weight excluding hydrogens is 410 g/mol. The minimum absolute atomic E-state index is 0.0746. The van der Waals surface area contributed by atoms with Crippen LogP contribution in [0.15, 0.2) is 24.3 Å². The lowest BCUT2D eigenvalue weighted by molar-refractivity contribution is 0.0957. The van der Waals surface area contributed by atoms with E-state index in [9.17, 15) is 9.59 Å². The molecule has 2 rings (SSSR count). The third-order valence-corrected chi connectivity index (χ3v) is 5.35. The standard InChI is InChI=1S/C20H25N3O4S2/c1-4-13-12(3)29-19(16(13)17(21)24)23-20(28)22-18(25)14-8-6-7-9-15(14)27-11-10-26-5-2/h6-9H,4-5,10-11H2,1-3H3,(H2,21,24)(H2,22,23,25,28). The Morgan fingerprint density at radius 2 is 1.93 bits per heavy atom. The second-order valence-corrected chi connectivity index (χ2v) is 7.64. The average molecular weight is 436 g/mol. The van der Waals surface area contributed by atoms with E-state index in [1.165, 1.54) is 11.3 Å². The van der Waals surface area contributed by atoms with Gasteiger partial charge in [0.2, 0.25) is 0 Å². The maximum absolute atomic E-state index is 12.7. The van der Waals surface area contributed by atoms with E-state index in [0.29, 0.717) is 48.1 Å². The van der Waals surface area contributed by atoms with Gasteiger partial charge in [-0.15, -0.1) is 11.3 Å². The van der Waals surface area contributed by atoms with Crippen LogP contribution < -0.4 is 21.1 Å². The molecule has 0 spiro atoms. The Morgan fingerprint density at radius 3 is 2.59 bits per heavy atom. The molecular formula is C20H25N3O4S2. The molecule has 0 fully saturated rings. The molecule has 1 aromatic carbocycles. The Bertz CT molecular complexity index is 896. The van der Waals surface area contributed by atoms with E-state index in [4.69, 9.17) is 27.4 Å². The van der Waals surface area contributed by atoms with Crippen molar-refractivity contribution in [3.63, 3.8) is 0 Å². The number of thiocarbonyl (C=S) groups is 1. The van der Waals surface area contributed by atoms with Crippen LogP contribution in [0.2, 0.25) is 0 Å². The van der Waals surface area contributed by atoms with Gasteiger partial charge in [0.25, 0.3) is 11.8 Å². The number of primary amides is 1. The maximum atomic E-state index is 12.7. The van der Waals surface area contributed by atoms with Crippen molar-refractivity contribution < 1.29 is 19.1 Å². The van der Waals surface area contributed by atoms with Gasteiger partial charge in [0, 0.05) is 11.5 Å². The number of carbonyl (C=O) groups is 2. The first-order chi connectivity index (χ1) is 13.9. The molecule has 0 saturated heterocycles. The fourth-order valence-corrected chi connectivity index (χ4v) is 4.21. The van der Waals surface area contributed by atoms with E-state index >= 15 is 0 Å². The van der Waals surface area contributed by atoms with Gasteiger partial charge in [-0.2, -0.15) is 0 Å². The highest BCUT2D eigenvalue weighted by Gasteiger charge is 2.21. The number of thiophene rings is 1. The first kappa shape index (κ1) is 22.8. The molecule has 0 radical (unpaired) electrons. The molecule has 2 aromatic rings. The highest BCUT2D eigenvalue weighted by Crippen LogP contribution is 2.33. The second-order valence-electron chi connectivity index (χ2n) is 6.01. The number of benzene rings is 1. The number of nitrogens with two attached hydrogens (primary N) is 1. The molecule has 1 aromatic heterocycles. The van der Waals surface area contributed by atoms with Crippen LogP contribution in [0.1, 0.15) is 45.0 Å². The van der Waals surface area contributed by atoms with Gasteiger partial charge in [-0.3, -0.25) is 14.9 Å². The number of para-hydroxylation sites is 1. The molecule has 9 heteroatoms. The molecule has 2 amide bonds. The van der Waals surface area contributed by atoms with Gasteiger partial charge >= 0.3 is 0 Å². The molecule has 0 aliphatic heterocycles. The van der Waals surface area contributed by atoms with E-state index in [2.05, 4.69) is 10.6 Å². The van der Waals surface area contributed by atoms with Crippen molar-refractivity contribution in [3.8, 4) is 5.75 Å². The molecule has 0 saturated carbocycles. The van der Waals surface area contributed by atoms with Gasteiger partial charge in [-0.25, -0.2) is 0 Å². The molecule has 4 N–H and O–H groups in total. The fraction of sp³-hybridized carbons (Fsp3) is 0.350. The SMILES string of the molecule is CCOCCOc1ccccc1C(=O)NC(=S)Nc1sc(C)c(CC)c1C(N)=O. The van der Waals surface area contributed by atoms with Crippen molar-refractivity contribution >= 4 is 45.5 Å². The number of aryl methyl sites for hydroxylation is 1. The maximum Gasteiger partial charge on any atom is 0.261 e. The Labute approximate surface area is 179 Å². The van der Waals surface area contributed by atoms with Gasteiger partial charge in [0.15, 0.2) is 5.11 Å². The van der Waals surface area contributed by atoms with Crippen molar-refractivity contribution in [2.24, 2.45) is 5.73 Å². The second kappa shape index (κ2) is 10.9. The molecule has 0 atom stereocenters. The predicted octanol–water partition coefficient (Wildman–Crippen LogP) is 3.26. The number of ether oxygens (including phenoxy) is 2. The van der Waals surface area contributed by atoms with E-state index in [1.54, 1.807) is 24.3 Å². The van der Waals surface area contributed by atoms with Crippen LogP contribution in [0.5, 0.6) is 5.75 Å². The predicted molar refractivity (Wildman–Crippen MR) is 119 cm³/mol. The number of nitrogens with one attached hydrogen (secondary N) is 2. The summed E-state index contributed by atoms with van der Waals surface area (Å²) >= 11 is 6.64. The molecule has 1 heterocycles. The van der Waals surface area contributed by atoms with Crippen molar-refractivity contribution in [1.29, 1.82) is 0 Å². The smallest absolute Gasteiger partial charge is 0.261 e. The van der Waals surface area contributed by atoms with E-state index in [1.807, 2.05) is 20.8 Å². The topological polar surface area (TPSA) is 103 Å². The number of hydrogen-bond donors (Lipinski definition) is 3. The summed E-state index contributed by atoms with van der Waals surface area (Å²) in [6.07, 6.45) is 0.674. The number of carbonyl (C=O) groups excluding carboxylic acids is 2. The summed E-state index contributed by atoms with van der Waals surface area (Å²) < 4.78 is 10.9. The number of rotatable bonds is 9. The normalized spacial score (nSPS) is 10.4. The summed E-state index contributed by atoms with van der Waals surface area (Å²) in [6, 6.07) is 6.87. The van der Waals surface area contributed by atoms with Crippen molar-refractivity contribution in [3.05, 3.63) is 45.8 Å². The van der Waals surface area contributed by atoms with Gasteiger partial charge in [-0.1, -0.05) is 19.1 Å². The number of amides is 2. The largest absolute Gasteiger partial charge is 0.490 e. The zero-order valence-corrected chi connectivity index (χ0v) is 18.3. The highest BCUT2D eigenvalue weighted by molar-refractivity contribution is 7.80. The van der Waals surface area contributed by atoms with Gasteiger partial charge in [-0.05, 0) is 50.2 Å². The zero-order valence-electron chi connectivity index (χ0n) is 16.7. The first-order valence-corrected chi connectivity index (χ1v) is 10.4. The lowest BCUT2D eigenvalue weighted by Crippen LogP contribution is -2.34. The van der Waals surface area contributed by atoms with E-state index in [0.717, 1.165) is 10.4 Å². The van der Waals surface area contributed by atoms with Crippen molar-refractivity contribution in [1.82, 2.24) is 5.32 Å². The summed E-state index contributed by atoms with van der Waals surface area (Å²) in [6.45, 7) is 7.13. The lowest BCUT2D eigenvalue weighted by atomic mass is 10.1. The van der Waals surface area contributed by atoms with Crippen LogP contribution in [0.4, 0.5) is 5.00 Å². The summed E-state index contributed by atoms with van der Waals surface area (Å²) in [5.74, 6) is -0.513. The summed E-state index contributed by atoms with van der Waals surface area (Å²) in [5, 5.41) is 6.15. The zero-order chi connectivity index (χ0) is 21.4. The monoisotopic (exact) mass is 435 g/mol. The van der Waals surface area contributed by atoms with Crippen LogP contribution in [-0.2, 0) is 11.2 Å². The molecule has 29 heavy (non-hydrogen) atoms. The Balaban J connectivity index is 2.09. The van der Waals surface area contributed by atoms with Gasteiger partial charge in [0.05, 0.1) is 17.7 Å². The highest BCUT2D eigenvalue weighted by atomic mass is 32.1. The van der Waals surface area contributed by atoms with Crippen LogP contribution in [0.3, 0.4) is 0 Å². The molecule has 0 unspecified atom stereocenters. The average Bonchev–Trinajstić information content (AvgIpc) is 3.00. The van der Waals surface area contributed by atoms with Crippen LogP contribution in [0, 0.1) is 6.92 Å². The number of hydrogen-bond acceptors (Lipinski definition) is 6. The van der Waals surface area contributed by atoms with Crippen LogP contribution in [-0.4, -0.2) is 36.7 Å². The molecule has 0 bridgehead atoms. The minimum Gasteiger partial charge on any atom is -0.490 e. The van der Waals surface area contributed by atoms with E-state index in [-0.39, 0.29) is 5.11 Å². The van der Waals surface area contributed by atoms with Crippen molar-refractivity contribution in [2.75, 3.05) is 25.1 Å². The summed E-state index contributed by atoms with van der Waals surface area (Å²) in [4.78, 5) is 25.5. The van der Waals surface area contributed by atoms with Crippen LogP contribution >= 0.6 is 23.6 Å². The third kappa shape index (κ3) is 5.99. The van der Waals surface area contributed by atoms with Gasteiger partial charge in [0.1, 0.15) is 17.4 Å². The van der Waals surface area contributed by atoms with Crippen molar-refractivity contribution in [2.45, 2.75) is 27.2 Å². The molecule has 7 nitrogen and oxygen atoms in total. The Kier molecular flexibility index (Phi) is 8.56. The Morgan fingerprint density at radius 1 is 1.21 bits per heavy atom. The molecule has 0 aliphatic rings. The summed E-state index contributed by atoms with van der Waals surface area (Å²) in [5.41, 5.74) is 7.17. The lowest BCUT2D eigenvalue weighted by Gasteiger charge is -2.13. The Hall–Kier alpha value is -2.49. The fourth-order valence-electron chi connectivity index (χ4n) is 2.79. The molecule has 0 aliphatic carbocycles. The summed E-state index contributed by atoms with van der Waals surface area (Å²) in [7, 11) is 0. The number of anilines is 1. The minimum atomic E-state index is -0.532. The quantitative estimate of drug-likeness (QED) is 0.413. The third-order valence-electron chi connectivity index (χ3n) is 4.08. The van der Waals surface area contributed by atoms with Gasteiger partial charge < -0.3 is 20.5 Å². The van der Waals surface area contributed by atoms with E-state index < -0.39 is 11.8 Å². The van der Waals surface area contributed by atoms with Crippen LogP contribution in [0.25, 0.3) is 0 Å². The first-order valence-electron chi connectivity index (χ1n) is 9.22. The molecule has 156 valence electrons.